The lowest BCUT2D eigenvalue weighted by Crippen LogP contribution is -2.40. The number of fused-ring (bicyclic) bond motifs is 3. The Morgan fingerprint density at radius 3 is 2.35 bits per heavy atom. The summed E-state index contributed by atoms with van der Waals surface area (Å²) in [5, 5.41) is 2.24. The molecule has 0 spiro atoms. The van der Waals surface area contributed by atoms with Crippen LogP contribution in [-0.2, 0) is 16.1 Å². The molecule has 2 heterocycles. The molecule has 4 heteroatoms. The molecule has 3 aromatic rings. The van der Waals surface area contributed by atoms with E-state index in [9.17, 15) is 9.59 Å². The molecule has 4 rings (SSSR count). The molecule has 2 amide bonds. The van der Waals surface area contributed by atoms with Gasteiger partial charge in [0.1, 0.15) is 0 Å². The summed E-state index contributed by atoms with van der Waals surface area (Å²) in [6.45, 7) is 3.00. The SMILES string of the molecule is CCn1c2ccccc2c2cc(N3C(=O)CCCC3=O)ccc21. The summed E-state index contributed by atoms with van der Waals surface area (Å²) in [7, 11) is 0. The number of nitrogens with zero attached hydrogens (tertiary/aromatic N) is 2. The summed E-state index contributed by atoms with van der Waals surface area (Å²) < 4.78 is 2.26. The number of amides is 2. The number of carbonyl (C=O) groups excluding carboxylic acids is 2. The topological polar surface area (TPSA) is 42.3 Å². The number of hydrogen-bond acceptors (Lipinski definition) is 2. The second kappa shape index (κ2) is 5.23. The van der Waals surface area contributed by atoms with Crippen molar-refractivity contribution in [2.24, 2.45) is 0 Å². The average Bonchev–Trinajstić information content (AvgIpc) is 2.88. The molecule has 1 aliphatic heterocycles. The largest absolute Gasteiger partial charge is 0.341 e. The number of anilines is 1. The predicted octanol–water partition coefficient (Wildman–Crippen LogP) is 3.86. The average molecular weight is 306 g/mol. The van der Waals surface area contributed by atoms with Crippen LogP contribution in [0, 0.1) is 0 Å². The van der Waals surface area contributed by atoms with E-state index in [-0.39, 0.29) is 11.8 Å². The van der Waals surface area contributed by atoms with Crippen LogP contribution in [0.25, 0.3) is 21.8 Å². The van der Waals surface area contributed by atoms with E-state index in [1.54, 1.807) is 0 Å². The highest BCUT2D eigenvalue weighted by atomic mass is 16.2. The zero-order valence-corrected chi connectivity index (χ0v) is 13.1. The molecule has 0 atom stereocenters. The Kier molecular flexibility index (Phi) is 3.18. The van der Waals surface area contributed by atoms with E-state index < -0.39 is 0 Å². The fourth-order valence-corrected chi connectivity index (χ4v) is 3.56. The smallest absolute Gasteiger partial charge is 0.233 e. The molecule has 1 aromatic heterocycles. The van der Waals surface area contributed by atoms with Crippen molar-refractivity contribution in [2.45, 2.75) is 32.7 Å². The van der Waals surface area contributed by atoms with Crippen molar-refractivity contribution < 1.29 is 9.59 Å². The quantitative estimate of drug-likeness (QED) is 0.675. The van der Waals surface area contributed by atoms with Gasteiger partial charge in [-0.25, -0.2) is 0 Å². The van der Waals surface area contributed by atoms with Crippen LogP contribution in [-0.4, -0.2) is 16.4 Å². The number of piperidine rings is 1. The summed E-state index contributed by atoms with van der Waals surface area (Å²) >= 11 is 0. The van der Waals surface area contributed by atoms with Gasteiger partial charge in [0.25, 0.3) is 0 Å². The molecule has 0 radical (unpaired) electrons. The van der Waals surface area contributed by atoms with Gasteiger partial charge in [0.05, 0.1) is 5.69 Å². The number of carbonyl (C=O) groups is 2. The van der Waals surface area contributed by atoms with E-state index in [2.05, 4.69) is 23.6 Å². The van der Waals surface area contributed by atoms with Gasteiger partial charge in [-0.05, 0) is 37.6 Å². The van der Waals surface area contributed by atoms with Crippen molar-refractivity contribution >= 4 is 39.3 Å². The van der Waals surface area contributed by atoms with Crippen LogP contribution in [0.1, 0.15) is 26.2 Å². The number of imide groups is 1. The van der Waals surface area contributed by atoms with E-state index >= 15 is 0 Å². The molecular formula is C19H18N2O2. The lowest BCUT2D eigenvalue weighted by molar-refractivity contribution is -0.129. The first-order chi connectivity index (χ1) is 11.2. The number of aromatic nitrogens is 1. The fraction of sp³-hybridized carbons (Fsp3) is 0.263. The minimum absolute atomic E-state index is 0.0974. The van der Waals surface area contributed by atoms with Crippen LogP contribution in [0.4, 0.5) is 5.69 Å². The summed E-state index contributed by atoms with van der Waals surface area (Å²) in [5.41, 5.74) is 3.00. The molecule has 116 valence electrons. The molecule has 0 saturated carbocycles. The molecule has 0 N–H and O–H groups in total. The molecule has 4 nitrogen and oxygen atoms in total. The van der Waals surface area contributed by atoms with Crippen molar-refractivity contribution in [3.05, 3.63) is 42.5 Å². The van der Waals surface area contributed by atoms with E-state index in [1.165, 1.54) is 10.4 Å². The third-order valence-corrected chi connectivity index (χ3v) is 4.61. The van der Waals surface area contributed by atoms with Crippen molar-refractivity contribution in [2.75, 3.05) is 4.90 Å². The normalized spacial score (nSPS) is 15.8. The molecule has 0 aliphatic carbocycles. The first-order valence-corrected chi connectivity index (χ1v) is 8.07. The standard InChI is InChI=1S/C19H18N2O2/c1-2-20-16-7-4-3-6-14(16)15-12-13(10-11-17(15)20)21-18(22)8-5-9-19(21)23/h3-4,6-7,10-12H,2,5,8-9H2,1H3. The van der Waals surface area contributed by atoms with Crippen molar-refractivity contribution in [1.29, 1.82) is 0 Å². The number of benzene rings is 2. The Morgan fingerprint density at radius 2 is 1.61 bits per heavy atom. The molecular weight excluding hydrogens is 288 g/mol. The third kappa shape index (κ3) is 2.05. The highest BCUT2D eigenvalue weighted by Gasteiger charge is 2.27. The van der Waals surface area contributed by atoms with E-state index in [0.29, 0.717) is 24.9 Å². The summed E-state index contributed by atoms with van der Waals surface area (Å²) in [6, 6.07) is 14.1. The van der Waals surface area contributed by atoms with Crippen LogP contribution < -0.4 is 4.90 Å². The Hall–Kier alpha value is -2.62. The van der Waals surface area contributed by atoms with Crippen LogP contribution in [0.3, 0.4) is 0 Å². The van der Waals surface area contributed by atoms with E-state index in [1.807, 2.05) is 30.3 Å². The van der Waals surface area contributed by atoms with Gasteiger partial charge in [-0.3, -0.25) is 14.5 Å². The molecule has 0 unspecified atom stereocenters. The fourth-order valence-electron chi connectivity index (χ4n) is 3.56. The first-order valence-electron chi connectivity index (χ1n) is 8.07. The number of rotatable bonds is 2. The summed E-state index contributed by atoms with van der Waals surface area (Å²) in [5.74, 6) is -0.195. The van der Waals surface area contributed by atoms with Crippen molar-refractivity contribution in [3.8, 4) is 0 Å². The lowest BCUT2D eigenvalue weighted by atomic mass is 10.1. The molecule has 0 bridgehead atoms. The van der Waals surface area contributed by atoms with E-state index in [4.69, 9.17) is 0 Å². The Balaban J connectivity index is 1.96. The molecule has 1 fully saturated rings. The number of aryl methyl sites for hydroxylation is 1. The Bertz CT molecular complexity index is 923. The maximum absolute atomic E-state index is 12.2. The second-order valence-electron chi connectivity index (χ2n) is 5.94. The second-order valence-corrected chi connectivity index (χ2v) is 5.94. The van der Waals surface area contributed by atoms with Crippen molar-refractivity contribution in [3.63, 3.8) is 0 Å². The van der Waals surface area contributed by atoms with Crippen LogP contribution >= 0.6 is 0 Å². The highest BCUT2D eigenvalue weighted by Crippen LogP contribution is 2.33. The highest BCUT2D eigenvalue weighted by molar-refractivity contribution is 6.18. The zero-order chi connectivity index (χ0) is 16.0. The van der Waals surface area contributed by atoms with Gasteiger partial charge in [-0.1, -0.05) is 18.2 Å². The monoisotopic (exact) mass is 306 g/mol. The molecule has 1 saturated heterocycles. The van der Waals surface area contributed by atoms with Gasteiger partial charge in [0.15, 0.2) is 0 Å². The van der Waals surface area contributed by atoms with Crippen LogP contribution in [0.5, 0.6) is 0 Å². The van der Waals surface area contributed by atoms with Gasteiger partial charge in [0, 0.05) is 41.2 Å². The lowest BCUT2D eigenvalue weighted by Gasteiger charge is -2.25. The van der Waals surface area contributed by atoms with Gasteiger partial charge in [-0.2, -0.15) is 0 Å². The van der Waals surface area contributed by atoms with Crippen LogP contribution in [0.15, 0.2) is 42.5 Å². The predicted molar refractivity (Wildman–Crippen MR) is 91.5 cm³/mol. The maximum Gasteiger partial charge on any atom is 0.233 e. The van der Waals surface area contributed by atoms with Crippen molar-refractivity contribution in [1.82, 2.24) is 4.57 Å². The van der Waals surface area contributed by atoms with Gasteiger partial charge < -0.3 is 4.57 Å². The van der Waals surface area contributed by atoms with Crippen LogP contribution in [0.2, 0.25) is 0 Å². The van der Waals surface area contributed by atoms with E-state index in [0.717, 1.165) is 22.8 Å². The van der Waals surface area contributed by atoms with Gasteiger partial charge in [0.2, 0.25) is 11.8 Å². The summed E-state index contributed by atoms with van der Waals surface area (Å²) in [4.78, 5) is 25.7. The zero-order valence-electron chi connectivity index (χ0n) is 13.1. The maximum atomic E-state index is 12.2. The van der Waals surface area contributed by atoms with Gasteiger partial charge in [-0.15, -0.1) is 0 Å². The number of hydrogen-bond donors (Lipinski definition) is 0. The van der Waals surface area contributed by atoms with Gasteiger partial charge >= 0.3 is 0 Å². The molecule has 2 aromatic carbocycles. The Morgan fingerprint density at radius 1 is 0.913 bits per heavy atom. The minimum Gasteiger partial charge on any atom is -0.341 e. The minimum atomic E-state index is -0.0974. The number of para-hydroxylation sites is 1. The first kappa shape index (κ1) is 14.0. The Labute approximate surface area is 134 Å². The molecule has 1 aliphatic rings. The third-order valence-electron chi connectivity index (χ3n) is 4.61. The summed E-state index contributed by atoms with van der Waals surface area (Å²) in [6.07, 6.45) is 1.55. The molecule has 23 heavy (non-hydrogen) atoms.